The molecule has 0 unspecified atom stereocenters. The second-order valence-corrected chi connectivity index (χ2v) is 13.1. The lowest BCUT2D eigenvalue weighted by Crippen LogP contribution is -2.52. The SMILES string of the molecule is CC[C@@H](C)NC(=O)[C@@H](Cc1ccccc1)N(Cc1cccc(OC)c1)C(=O)CCCN(c1cc(Cl)ccc1C)S(C)(=O)=O. The number of aryl methyl sites for hydroxylation is 1. The number of methoxy groups -OCH3 is 1. The third kappa shape index (κ3) is 10.0. The number of hydrogen-bond acceptors (Lipinski definition) is 5. The summed E-state index contributed by atoms with van der Waals surface area (Å²) < 4.78 is 32.2. The average Bonchev–Trinajstić information content (AvgIpc) is 2.98. The first-order valence-electron chi connectivity index (χ1n) is 14.4. The van der Waals surface area contributed by atoms with Crippen molar-refractivity contribution in [3.8, 4) is 5.75 Å². The minimum atomic E-state index is -3.65. The lowest BCUT2D eigenvalue weighted by Gasteiger charge is -2.33. The maximum atomic E-state index is 14.0. The van der Waals surface area contributed by atoms with Gasteiger partial charge in [-0.05, 0) is 67.6 Å². The molecule has 0 aliphatic heterocycles. The van der Waals surface area contributed by atoms with E-state index in [9.17, 15) is 18.0 Å². The fraction of sp³-hybridized carbons (Fsp3) is 0.394. The van der Waals surface area contributed by atoms with Crippen LogP contribution in [0.2, 0.25) is 5.02 Å². The standard InChI is InChI=1S/C33H42ClN3O5S/c1-6-25(3)35-33(39)31(21-26-12-8-7-9-13-26)36(23-27-14-10-15-29(20-27)42-4)32(38)16-11-19-37(43(5,40)41)30-22-28(34)18-17-24(30)2/h7-10,12-15,17-18,20,22,25,31H,6,11,16,19,21,23H2,1-5H3,(H,35,39)/t25-,31-/m1/s1. The van der Waals surface area contributed by atoms with Gasteiger partial charge in [0.2, 0.25) is 21.8 Å². The summed E-state index contributed by atoms with van der Waals surface area (Å²) >= 11 is 6.18. The van der Waals surface area contributed by atoms with Crippen molar-refractivity contribution >= 4 is 39.1 Å². The zero-order valence-electron chi connectivity index (χ0n) is 25.5. The molecule has 3 rings (SSSR count). The highest BCUT2D eigenvalue weighted by Crippen LogP contribution is 2.27. The minimum Gasteiger partial charge on any atom is -0.497 e. The van der Waals surface area contributed by atoms with Crippen molar-refractivity contribution in [1.29, 1.82) is 0 Å². The summed E-state index contributed by atoms with van der Waals surface area (Å²) in [6, 6.07) is 21.3. The fourth-order valence-electron chi connectivity index (χ4n) is 4.80. The van der Waals surface area contributed by atoms with E-state index in [-0.39, 0.29) is 43.8 Å². The van der Waals surface area contributed by atoms with E-state index in [2.05, 4.69) is 5.32 Å². The van der Waals surface area contributed by atoms with Crippen LogP contribution < -0.4 is 14.4 Å². The molecular formula is C33H42ClN3O5S. The molecule has 3 aromatic rings. The van der Waals surface area contributed by atoms with Crippen molar-refractivity contribution in [2.75, 3.05) is 24.2 Å². The van der Waals surface area contributed by atoms with Crippen LogP contribution in [0.3, 0.4) is 0 Å². The van der Waals surface area contributed by atoms with Gasteiger partial charge in [-0.2, -0.15) is 0 Å². The van der Waals surface area contributed by atoms with Crippen molar-refractivity contribution < 1.29 is 22.7 Å². The number of ether oxygens (including phenoxy) is 1. The number of halogens is 1. The van der Waals surface area contributed by atoms with Gasteiger partial charge in [0.1, 0.15) is 11.8 Å². The molecule has 0 aliphatic rings. The van der Waals surface area contributed by atoms with Crippen molar-refractivity contribution in [1.82, 2.24) is 10.2 Å². The molecule has 10 heteroatoms. The molecule has 0 heterocycles. The molecule has 0 bridgehead atoms. The van der Waals surface area contributed by atoms with Crippen LogP contribution in [0.5, 0.6) is 5.75 Å². The van der Waals surface area contributed by atoms with Crippen molar-refractivity contribution in [2.24, 2.45) is 0 Å². The summed E-state index contributed by atoms with van der Waals surface area (Å²) in [5.41, 5.74) is 2.97. The molecule has 232 valence electrons. The predicted molar refractivity (Wildman–Crippen MR) is 173 cm³/mol. The quantitative estimate of drug-likeness (QED) is 0.231. The maximum absolute atomic E-state index is 14.0. The van der Waals surface area contributed by atoms with Gasteiger partial charge in [0.05, 0.1) is 19.1 Å². The number of carbonyl (C=O) groups excluding carboxylic acids is 2. The van der Waals surface area contributed by atoms with E-state index < -0.39 is 16.1 Å². The Bertz CT molecular complexity index is 1480. The van der Waals surface area contributed by atoms with E-state index in [1.807, 2.05) is 75.4 Å². The number of nitrogens with one attached hydrogen (secondary N) is 1. The molecule has 0 fully saturated rings. The number of sulfonamides is 1. The van der Waals surface area contributed by atoms with Gasteiger partial charge < -0.3 is 15.0 Å². The molecule has 0 aromatic heterocycles. The first-order chi connectivity index (χ1) is 20.4. The Labute approximate surface area is 261 Å². The first kappa shape index (κ1) is 33.9. The van der Waals surface area contributed by atoms with Crippen molar-refractivity contribution in [3.63, 3.8) is 0 Å². The Morgan fingerprint density at radius 3 is 2.35 bits per heavy atom. The zero-order chi connectivity index (χ0) is 31.6. The molecule has 1 N–H and O–H groups in total. The Morgan fingerprint density at radius 2 is 1.70 bits per heavy atom. The molecule has 2 atom stereocenters. The molecular weight excluding hydrogens is 586 g/mol. The van der Waals surface area contributed by atoms with Crippen LogP contribution in [-0.2, 0) is 32.6 Å². The largest absolute Gasteiger partial charge is 0.497 e. The summed E-state index contributed by atoms with van der Waals surface area (Å²) in [6.45, 7) is 6.01. The number of carbonyl (C=O) groups is 2. The molecule has 0 radical (unpaired) electrons. The zero-order valence-corrected chi connectivity index (χ0v) is 27.1. The predicted octanol–water partition coefficient (Wildman–Crippen LogP) is 5.76. The highest BCUT2D eigenvalue weighted by Gasteiger charge is 2.31. The minimum absolute atomic E-state index is 0.0392. The lowest BCUT2D eigenvalue weighted by molar-refractivity contribution is -0.141. The number of hydrogen-bond donors (Lipinski definition) is 1. The van der Waals surface area contributed by atoms with E-state index in [0.717, 1.165) is 29.4 Å². The third-order valence-corrected chi connectivity index (χ3v) is 8.77. The van der Waals surface area contributed by atoms with Crippen LogP contribution in [0.15, 0.2) is 72.8 Å². The molecule has 0 spiro atoms. The first-order valence-corrected chi connectivity index (χ1v) is 16.7. The summed E-state index contributed by atoms with van der Waals surface area (Å²) in [5.74, 6) is 0.162. The van der Waals surface area contributed by atoms with Crippen LogP contribution in [-0.4, -0.2) is 57.1 Å². The smallest absolute Gasteiger partial charge is 0.243 e. The van der Waals surface area contributed by atoms with Gasteiger partial charge in [-0.3, -0.25) is 13.9 Å². The highest BCUT2D eigenvalue weighted by atomic mass is 35.5. The molecule has 0 saturated carbocycles. The van der Waals surface area contributed by atoms with Gasteiger partial charge in [-0.25, -0.2) is 8.42 Å². The van der Waals surface area contributed by atoms with Gasteiger partial charge in [-0.15, -0.1) is 0 Å². The van der Waals surface area contributed by atoms with Crippen LogP contribution >= 0.6 is 11.6 Å². The van der Waals surface area contributed by atoms with Crippen LogP contribution in [0.1, 0.15) is 49.8 Å². The fourth-order valence-corrected chi connectivity index (χ4v) is 5.98. The van der Waals surface area contributed by atoms with E-state index in [1.165, 1.54) is 4.31 Å². The molecule has 0 aliphatic carbocycles. The van der Waals surface area contributed by atoms with Gasteiger partial charge >= 0.3 is 0 Å². The van der Waals surface area contributed by atoms with E-state index in [4.69, 9.17) is 16.3 Å². The second kappa shape index (κ2) is 15.8. The Kier molecular flexibility index (Phi) is 12.5. The Balaban J connectivity index is 1.93. The lowest BCUT2D eigenvalue weighted by atomic mass is 10.0. The number of benzene rings is 3. The number of anilines is 1. The van der Waals surface area contributed by atoms with Gasteiger partial charge in [0.25, 0.3) is 0 Å². The maximum Gasteiger partial charge on any atom is 0.243 e. The second-order valence-electron chi connectivity index (χ2n) is 10.8. The van der Waals surface area contributed by atoms with Gasteiger partial charge in [-0.1, -0.05) is 67.1 Å². The molecule has 2 amide bonds. The molecule has 43 heavy (non-hydrogen) atoms. The number of amides is 2. The van der Waals surface area contributed by atoms with Gasteiger partial charge in [0.15, 0.2) is 0 Å². The molecule has 0 saturated heterocycles. The summed E-state index contributed by atoms with van der Waals surface area (Å²) in [7, 11) is -2.07. The summed E-state index contributed by atoms with van der Waals surface area (Å²) in [5, 5.41) is 3.49. The topological polar surface area (TPSA) is 96.0 Å². The van der Waals surface area contributed by atoms with Crippen molar-refractivity contribution in [3.05, 3.63) is 94.5 Å². The van der Waals surface area contributed by atoms with E-state index in [0.29, 0.717) is 22.9 Å². The van der Waals surface area contributed by atoms with E-state index >= 15 is 0 Å². The highest BCUT2D eigenvalue weighted by molar-refractivity contribution is 7.92. The van der Waals surface area contributed by atoms with Gasteiger partial charge in [0, 0.05) is 37.0 Å². The van der Waals surface area contributed by atoms with E-state index in [1.54, 1.807) is 30.2 Å². The Morgan fingerprint density at radius 1 is 1.00 bits per heavy atom. The Hall–Kier alpha value is -3.56. The summed E-state index contributed by atoms with van der Waals surface area (Å²) in [6.07, 6.45) is 2.50. The van der Waals surface area contributed by atoms with Crippen molar-refractivity contribution in [2.45, 2.75) is 65.1 Å². The average molecular weight is 628 g/mol. The number of nitrogens with zero attached hydrogens (tertiary/aromatic N) is 2. The molecule has 3 aromatic carbocycles. The third-order valence-electron chi connectivity index (χ3n) is 7.35. The summed E-state index contributed by atoms with van der Waals surface area (Å²) in [4.78, 5) is 29.3. The molecule has 8 nitrogen and oxygen atoms in total. The monoisotopic (exact) mass is 627 g/mol. The normalized spacial score (nSPS) is 12.7. The van der Waals surface area contributed by atoms with Crippen LogP contribution in [0, 0.1) is 6.92 Å². The van der Waals surface area contributed by atoms with Crippen LogP contribution in [0.4, 0.5) is 5.69 Å². The number of rotatable bonds is 15. The van der Waals surface area contributed by atoms with Crippen LogP contribution in [0.25, 0.3) is 0 Å².